The zero-order valence-corrected chi connectivity index (χ0v) is 49.8. The number of pyridine rings is 5. The van der Waals surface area contributed by atoms with Gasteiger partial charge in [0.1, 0.15) is 0 Å². The van der Waals surface area contributed by atoms with E-state index in [1.165, 1.54) is 190 Å². The van der Waals surface area contributed by atoms with Crippen molar-refractivity contribution >= 4 is 0 Å². The summed E-state index contributed by atoms with van der Waals surface area (Å²) in [6.07, 6.45) is 12.6. The van der Waals surface area contributed by atoms with Crippen LogP contribution in [0.3, 0.4) is 0 Å². The van der Waals surface area contributed by atoms with Crippen molar-refractivity contribution in [2.24, 2.45) is 0 Å². The Morgan fingerprint density at radius 3 is 1.44 bits per heavy atom. The molecular weight excluding hydrogens is 971 g/mol. The normalized spacial score (nSPS) is 12.4. The van der Waals surface area contributed by atoms with Crippen LogP contribution in [0.25, 0.3) is 55.6 Å². The highest BCUT2D eigenvalue weighted by molar-refractivity contribution is 5.82. The molecule has 15 rings (SSSR count). The number of benzene rings is 5. The number of hydrogen-bond donors (Lipinski definition) is 0. The highest BCUT2D eigenvalue weighted by atomic mass is 14.7. The van der Waals surface area contributed by atoms with Crippen LogP contribution in [0.5, 0.6) is 0 Å². The van der Waals surface area contributed by atoms with E-state index >= 15 is 0 Å². The van der Waals surface area contributed by atoms with Crippen LogP contribution in [0.15, 0.2) is 122 Å². The molecule has 5 heterocycles. The van der Waals surface area contributed by atoms with Crippen molar-refractivity contribution < 1.29 is 0 Å². The summed E-state index contributed by atoms with van der Waals surface area (Å²) < 4.78 is 0. The zero-order valence-electron chi connectivity index (χ0n) is 49.8. The lowest BCUT2D eigenvalue weighted by Gasteiger charge is -2.11. The minimum absolute atomic E-state index is 0.992. The molecule has 0 fully saturated rings. The third kappa shape index (κ3) is 10.0. The van der Waals surface area contributed by atoms with Crippen LogP contribution in [0.2, 0.25) is 0 Å². The van der Waals surface area contributed by atoms with Crippen molar-refractivity contribution in [3.8, 4) is 55.6 Å². The summed E-state index contributed by atoms with van der Waals surface area (Å²) in [7, 11) is 0. The molecule has 0 unspecified atom stereocenters. The highest BCUT2D eigenvalue weighted by Gasteiger charge is 2.26. The predicted molar refractivity (Wildman–Crippen MR) is 333 cm³/mol. The average molecular weight is 1050 g/mol. The lowest BCUT2D eigenvalue weighted by Crippen LogP contribution is -1.93. The quantitative estimate of drug-likeness (QED) is 0.151. The molecular formula is C75H75N5. The number of nitrogens with zero attached hydrogens (tertiary/aromatic N) is 5. The van der Waals surface area contributed by atoms with Crippen molar-refractivity contribution in [2.45, 2.75) is 136 Å². The van der Waals surface area contributed by atoms with Gasteiger partial charge in [0.2, 0.25) is 0 Å². The summed E-state index contributed by atoms with van der Waals surface area (Å²) in [5, 5.41) is 0. The van der Waals surface area contributed by atoms with Crippen LogP contribution in [-0.4, -0.2) is 24.9 Å². The molecule has 0 bridgehead atoms. The van der Waals surface area contributed by atoms with Gasteiger partial charge in [-0.1, -0.05) is 66.7 Å². The maximum Gasteiger partial charge on any atom is 0.0529 e. The van der Waals surface area contributed by atoms with Crippen molar-refractivity contribution in [3.63, 3.8) is 0 Å². The van der Waals surface area contributed by atoms with Gasteiger partial charge in [0, 0.05) is 90.4 Å². The fourth-order valence-electron chi connectivity index (χ4n) is 12.7. The SMILES string of the molecule is Cc1cc2c(c(C)c1C)-c1cccnc1C2.Cc1cc2c(c(C)c1C)Cc1ncccc1-2.Cc1cc2c(cc1C)-c1c(C)ccnc1C2.Cc1ccc2c(n1)Cc1cc(C)c(C)cc1-2.Cc1cnc2c(c1)-c1cc(C)c(C)cc1C2. The Kier molecular flexibility index (Phi) is 14.5. The van der Waals surface area contributed by atoms with Gasteiger partial charge in [-0.3, -0.25) is 24.9 Å². The second kappa shape index (κ2) is 21.5. The van der Waals surface area contributed by atoms with Gasteiger partial charge < -0.3 is 0 Å². The van der Waals surface area contributed by atoms with Crippen molar-refractivity contribution in [1.82, 2.24) is 24.9 Å². The number of hydrogen-bond acceptors (Lipinski definition) is 5. The molecule has 0 aliphatic heterocycles. The molecule has 5 aromatic heterocycles. The summed E-state index contributed by atoms with van der Waals surface area (Å²) in [5.41, 5.74) is 47.4. The minimum Gasteiger partial charge on any atom is -0.260 e. The zero-order chi connectivity index (χ0) is 56.4. The first kappa shape index (κ1) is 53.8. The third-order valence-electron chi connectivity index (χ3n) is 18.1. The van der Waals surface area contributed by atoms with Crippen molar-refractivity contribution in [1.29, 1.82) is 0 Å². The van der Waals surface area contributed by atoms with E-state index in [1.54, 1.807) is 0 Å². The summed E-state index contributed by atoms with van der Waals surface area (Å²) in [6.45, 7) is 32.7. The Morgan fingerprint density at radius 2 is 0.762 bits per heavy atom. The second-order valence-electron chi connectivity index (χ2n) is 23.5. The van der Waals surface area contributed by atoms with Crippen LogP contribution in [0, 0.1) is 104 Å². The van der Waals surface area contributed by atoms with Crippen LogP contribution < -0.4 is 0 Å². The van der Waals surface area contributed by atoms with Gasteiger partial charge in [-0.15, -0.1) is 0 Å². The summed E-state index contributed by atoms with van der Waals surface area (Å²) >= 11 is 0. The first-order valence-electron chi connectivity index (χ1n) is 28.6. The number of aromatic nitrogens is 5. The van der Waals surface area contributed by atoms with Gasteiger partial charge in [-0.2, -0.15) is 0 Å². The lowest BCUT2D eigenvalue weighted by molar-refractivity contribution is 1.07. The van der Waals surface area contributed by atoms with Crippen molar-refractivity contribution in [3.05, 3.63) is 262 Å². The van der Waals surface area contributed by atoms with Gasteiger partial charge in [0.05, 0.1) is 28.5 Å². The van der Waals surface area contributed by atoms with E-state index < -0.39 is 0 Å². The molecule has 80 heavy (non-hydrogen) atoms. The van der Waals surface area contributed by atoms with E-state index in [0.29, 0.717) is 0 Å². The van der Waals surface area contributed by atoms with E-state index in [1.807, 2.05) is 36.9 Å². The largest absolute Gasteiger partial charge is 0.260 e. The van der Waals surface area contributed by atoms with Gasteiger partial charge in [-0.05, 0) is 268 Å². The number of aryl methyl sites for hydroxylation is 11. The standard InChI is InChI=1S/5C15H15N/c1-9-4-14-13-6-11(3)10(2)5-12(13)7-15(14)16-8-9;1-9-6-12-8-15-13(5-4-11(3)16-15)14(12)7-10(9)2;1-9-4-5-16-14-8-12-6-10(2)11(3)7-13(12)15(9)14;1-9-7-12-8-14-13(5-4-6-16-14)15(12)11(3)10(9)2;1-9-7-14-12-5-4-6-16-15(12)8-13(14)11(3)10(9)2/h4-6,8H,7H2,1-3H3;4*4-7H,8H2,1-3H3. The first-order chi connectivity index (χ1) is 38.3. The van der Waals surface area contributed by atoms with Gasteiger partial charge in [0.15, 0.2) is 0 Å². The van der Waals surface area contributed by atoms with E-state index in [-0.39, 0.29) is 0 Å². The fourth-order valence-corrected chi connectivity index (χ4v) is 12.7. The molecule has 400 valence electrons. The van der Waals surface area contributed by atoms with Crippen LogP contribution in [0.1, 0.15) is 140 Å². The van der Waals surface area contributed by atoms with Crippen LogP contribution in [-0.2, 0) is 32.1 Å². The van der Waals surface area contributed by atoms with E-state index in [9.17, 15) is 0 Å². The third-order valence-corrected chi connectivity index (χ3v) is 18.1. The molecule has 5 aliphatic rings. The molecule has 0 amide bonds. The molecule has 0 saturated heterocycles. The summed E-state index contributed by atoms with van der Waals surface area (Å²) in [6, 6.07) is 35.6. The Hall–Kier alpha value is -8.15. The summed E-state index contributed by atoms with van der Waals surface area (Å²) in [5.74, 6) is 0. The molecule has 0 N–H and O–H groups in total. The van der Waals surface area contributed by atoms with Gasteiger partial charge in [-0.25, -0.2) is 0 Å². The molecule has 0 radical (unpaired) electrons. The monoisotopic (exact) mass is 1050 g/mol. The molecule has 5 aliphatic carbocycles. The Labute approximate surface area is 475 Å². The van der Waals surface area contributed by atoms with Crippen LogP contribution >= 0.6 is 0 Å². The topological polar surface area (TPSA) is 64.5 Å². The minimum atomic E-state index is 0.992. The Bertz CT molecular complexity index is 4150. The molecule has 0 atom stereocenters. The maximum atomic E-state index is 4.63. The van der Waals surface area contributed by atoms with E-state index in [0.717, 1.165) is 37.8 Å². The molecule has 0 saturated carbocycles. The van der Waals surface area contributed by atoms with Gasteiger partial charge in [0.25, 0.3) is 0 Å². The maximum absolute atomic E-state index is 4.63. The fraction of sp³-hybridized carbons (Fsp3) is 0.267. The summed E-state index contributed by atoms with van der Waals surface area (Å²) in [4.78, 5) is 22.6. The second-order valence-corrected chi connectivity index (χ2v) is 23.5. The van der Waals surface area contributed by atoms with Crippen molar-refractivity contribution in [2.75, 3.05) is 0 Å². The van der Waals surface area contributed by atoms with Gasteiger partial charge >= 0.3 is 0 Å². The molecule has 0 spiro atoms. The number of fused-ring (bicyclic) bond motifs is 15. The molecule has 5 aromatic carbocycles. The highest BCUT2D eigenvalue weighted by Crippen LogP contribution is 2.43. The van der Waals surface area contributed by atoms with E-state index in [2.05, 4.69) is 214 Å². The number of rotatable bonds is 0. The first-order valence-corrected chi connectivity index (χ1v) is 28.6. The lowest BCUT2D eigenvalue weighted by atomic mass is 9.93. The van der Waals surface area contributed by atoms with Crippen LogP contribution in [0.4, 0.5) is 0 Å². The average Bonchev–Trinajstić information content (AvgIpc) is 4.29. The molecule has 5 heteroatoms. The molecule has 10 aromatic rings. The Balaban J connectivity index is 0.000000105. The Morgan fingerprint density at radius 1 is 0.287 bits per heavy atom. The predicted octanol–water partition coefficient (Wildman–Crippen LogP) is 17.9. The smallest absolute Gasteiger partial charge is 0.0529 e. The molecule has 5 nitrogen and oxygen atoms in total. The van der Waals surface area contributed by atoms with E-state index in [4.69, 9.17) is 0 Å².